The van der Waals surface area contributed by atoms with E-state index in [9.17, 15) is 9.59 Å². The van der Waals surface area contributed by atoms with Crippen LogP contribution in [-0.4, -0.2) is 22.1 Å². The molecule has 1 aromatic carbocycles. The monoisotopic (exact) mass is 356 g/mol. The predicted octanol–water partition coefficient (Wildman–Crippen LogP) is 4.03. The molecule has 0 fully saturated rings. The van der Waals surface area contributed by atoms with Crippen LogP contribution in [0.3, 0.4) is 0 Å². The Balaban J connectivity index is 1.92. The summed E-state index contributed by atoms with van der Waals surface area (Å²) < 4.78 is 6.56. The Hall–Kier alpha value is -2.47. The van der Waals surface area contributed by atoms with E-state index >= 15 is 0 Å². The molecular weight excluding hydrogens is 336 g/mol. The fraction of sp³-hybridized carbons (Fsp3) is 0.316. The maximum Gasteiger partial charge on any atom is 0.328 e. The van der Waals surface area contributed by atoms with Gasteiger partial charge in [0.1, 0.15) is 10.9 Å². The number of unbranched alkanes of at least 4 members (excludes halogenated alkanes) is 1. The Morgan fingerprint density at radius 2 is 2.08 bits per heavy atom. The first-order valence-electron chi connectivity index (χ1n) is 8.34. The molecule has 0 bridgehead atoms. The summed E-state index contributed by atoms with van der Waals surface area (Å²) in [5.74, 6) is -0.407. The van der Waals surface area contributed by atoms with E-state index in [1.165, 1.54) is 22.2 Å². The van der Waals surface area contributed by atoms with Crippen molar-refractivity contribution in [3.63, 3.8) is 0 Å². The minimum Gasteiger partial charge on any atom is -0.464 e. The lowest BCUT2D eigenvalue weighted by Crippen LogP contribution is -2.29. The Labute approximate surface area is 149 Å². The SMILES string of the molecule is CCCCOC(=O)[C@@H](C)n1cnc2sc(-c3ccccc3)cc2c1=O. The summed E-state index contributed by atoms with van der Waals surface area (Å²) in [4.78, 5) is 30.9. The number of thiophene rings is 1. The van der Waals surface area contributed by atoms with Gasteiger partial charge in [-0.05, 0) is 25.0 Å². The number of hydrogen-bond acceptors (Lipinski definition) is 5. The number of benzene rings is 1. The summed E-state index contributed by atoms with van der Waals surface area (Å²) in [5, 5.41) is 0.527. The molecule has 0 saturated carbocycles. The Morgan fingerprint density at radius 1 is 1.32 bits per heavy atom. The number of nitrogens with zero attached hydrogens (tertiary/aromatic N) is 2. The third kappa shape index (κ3) is 3.64. The quantitative estimate of drug-likeness (QED) is 0.494. The van der Waals surface area contributed by atoms with Crippen molar-refractivity contribution in [1.82, 2.24) is 9.55 Å². The lowest BCUT2D eigenvalue weighted by Gasteiger charge is -2.13. The molecule has 5 nitrogen and oxygen atoms in total. The smallest absolute Gasteiger partial charge is 0.328 e. The van der Waals surface area contributed by atoms with Crippen LogP contribution in [0.15, 0.2) is 47.5 Å². The molecule has 6 heteroatoms. The first-order chi connectivity index (χ1) is 12.1. The summed E-state index contributed by atoms with van der Waals surface area (Å²) in [7, 11) is 0. The minimum absolute atomic E-state index is 0.219. The van der Waals surface area contributed by atoms with Crippen LogP contribution in [0, 0.1) is 0 Å². The number of rotatable bonds is 6. The topological polar surface area (TPSA) is 61.2 Å². The average molecular weight is 356 g/mol. The second-order valence-corrected chi connectivity index (χ2v) is 6.88. The van der Waals surface area contributed by atoms with Crippen LogP contribution in [0.25, 0.3) is 20.7 Å². The molecule has 0 aliphatic heterocycles. The van der Waals surface area contributed by atoms with E-state index in [0.29, 0.717) is 16.8 Å². The zero-order chi connectivity index (χ0) is 17.8. The van der Waals surface area contributed by atoms with Crippen LogP contribution in [0.4, 0.5) is 0 Å². The molecule has 1 atom stereocenters. The zero-order valence-corrected chi connectivity index (χ0v) is 15.1. The van der Waals surface area contributed by atoms with Crippen molar-refractivity contribution in [2.24, 2.45) is 0 Å². The number of aromatic nitrogens is 2. The van der Waals surface area contributed by atoms with Crippen molar-refractivity contribution in [2.45, 2.75) is 32.7 Å². The number of esters is 1. The second-order valence-electron chi connectivity index (χ2n) is 5.85. The van der Waals surface area contributed by atoms with E-state index in [1.807, 2.05) is 43.3 Å². The van der Waals surface area contributed by atoms with Crippen LogP contribution in [0.1, 0.15) is 32.7 Å². The van der Waals surface area contributed by atoms with Crippen molar-refractivity contribution in [2.75, 3.05) is 6.61 Å². The number of ether oxygens (including phenoxy) is 1. The third-order valence-corrected chi connectivity index (χ3v) is 5.13. The largest absolute Gasteiger partial charge is 0.464 e. The van der Waals surface area contributed by atoms with Crippen molar-refractivity contribution in [3.8, 4) is 10.4 Å². The summed E-state index contributed by atoms with van der Waals surface area (Å²) in [6.45, 7) is 4.06. The molecule has 25 heavy (non-hydrogen) atoms. The van der Waals surface area contributed by atoms with Gasteiger partial charge in [0.25, 0.3) is 5.56 Å². The van der Waals surface area contributed by atoms with E-state index in [0.717, 1.165) is 23.3 Å². The van der Waals surface area contributed by atoms with Crippen molar-refractivity contribution in [1.29, 1.82) is 0 Å². The number of fused-ring (bicyclic) bond motifs is 1. The molecule has 2 heterocycles. The zero-order valence-electron chi connectivity index (χ0n) is 14.3. The van der Waals surface area contributed by atoms with Crippen molar-refractivity contribution >= 4 is 27.5 Å². The molecule has 0 aliphatic rings. The maximum absolute atomic E-state index is 12.8. The van der Waals surface area contributed by atoms with Gasteiger partial charge < -0.3 is 4.74 Å². The molecule has 2 aromatic heterocycles. The average Bonchev–Trinajstić information content (AvgIpc) is 3.08. The lowest BCUT2D eigenvalue weighted by atomic mass is 10.2. The lowest BCUT2D eigenvalue weighted by molar-refractivity contribution is -0.147. The summed E-state index contributed by atoms with van der Waals surface area (Å²) in [6, 6.07) is 11.0. The molecule has 0 saturated heterocycles. The van der Waals surface area contributed by atoms with Gasteiger partial charge in [-0.25, -0.2) is 9.78 Å². The molecule has 3 aromatic rings. The highest BCUT2D eigenvalue weighted by Crippen LogP contribution is 2.30. The maximum atomic E-state index is 12.8. The van der Waals surface area contributed by atoms with Gasteiger partial charge in [0.15, 0.2) is 0 Å². The van der Waals surface area contributed by atoms with Gasteiger partial charge in [-0.15, -0.1) is 11.3 Å². The van der Waals surface area contributed by atoms with Crippen molar-refractivity contribution in [3.05, 3.63) is 53.1 Å². The van der Waals surface area contributed by atoms with E-state index in [1.54, 1.807) is 6.92 Å². The van der Waals surface area contributed by atoms with Crippen LogP contribution in [0.2, 0.25) is 0 Å². The highest BCUT2D eigenvalue weighted by Gasteiger charge is 2.20. The number of carbonyl (C=O) groups is 1. The molecule has 0 aliphatic carbocycles. The molecule has 0 N–H and O–H groups in total. The van der Waals surface area contributed by atoms with Gasteiger partial charge in [-0.3, -0.25) is 9.36 Å². The fourth-order valence-corrected chi connectivity index (χ4v) is 3.50. The van der Waals surface area contributed by atoms with E-state index in [4.69, 9.17) is 4.74 Å². The first-order valence-corrected chi connectivity index (χ1v) is 9.16. The van der Waals surface area contributed by atoms with E-state index in [2.05, 4.69) is 4.98 Å². The third-order valence-electron chi connectivity index (χ3n) is 4.04. The fourth-order valence-electron chi connectivity index (χ4n) is 2.51. The van der Waals surface area contributed by atoms with Gasteiger partial charge in [0.2, 0.25) is 0 Å². The molecule has 0 unspecified atom stereocenters. The Kier molecular flexibility index (Phi) is 5.28. The Morgan fingerprint density at radius 3 is 2.80 bits per heavy atom. The Bertz CT molecular complexity index is 931. The van der Waals surface area contributed by atoms with Gasteiger partial charge in [-0.2, -0.15) is 0 Å². The summed E-state index contributed by atoms with van der Waals surface area (Å²) in [5.41, 5.74) is 0.826. The summed E-state index contributed by atoms with van der Waals surface area (Å²) >= 11 is 1.47. The number of carbonyl (C=O) groups excluding carboxylic acids is 1. The molecule has 0 radical (unpaired) electrons. The van der Waals surface area contributed by atoms with Crippen LogP contribution in [0.5, 0.6) is 0 Å². The predicted molar refractivity (Wildman–Crippen MR) is 99.9 cm³/mol. The molecular formula is C19H20N2O3S. The van der Waals surface area contributed by atoms with Crippen molar-refractivity contribution < 1.29 is 9.53 Å². The van der Waals surface area contributed by atoms with E-state index < -0.39 is 12.0 Å². The van der Waals surface area contributed by atoms with Gasteiger partial charge in [-0.1, -0.05) is 43.7 Å². The standard InChI is InChI=1S/C19H20N2O3S/c1-3-4-10-24-19(23)13(2)21-12-20-17-15(18(21)22)11-16(25-17)14-8-6-5-7-9-14/h5-9,11-13H,3-4,10H2,1-2H3/t13-/m1/s1. The highest BCUT2D eigenvalue weighted by molar-refractivity contribution is 7.21. The second kappa shape index (κ2) is 7.61. The van der Waals surface area contributed by atoms with Gasteiger partial charge >= 0.3 is 5.97 Å². The van der Waals surface area contributed by atoms with Crippen LogP contribution >= 0.6 is 11.3 Å². The molecule has 0 spiro atoms. The highest BCUT2D eigenvalue weighted by atomic mass is 32.1. The molecule has 3 rings (SSSR count). The number of hydrogen-bond donors (Lipinski definition) is 0. The molecule has 0 amide bonds. The minimum atomic E-state index is -0.693. The van der Waals surface area contributed by atoms with Gasteiger partial charge in [0, 0.05) is 4.88 Å². The van der Waals surface area contributed by atoms with Gasteiger partial charge in [0.05, 0.1) is 18.3 Å². The first kappa shape index (κ1) is 17.4. The molecule has 130 valence electrons. The normalized spacial score (nSPS) is 12.2. The van der Waals surface area contributed by atoms with Crippen LogP contribution in [-0.2, 0) is 9.53 Å². The van der Waals surface area contributed by atoms with E-state index in [-0.39, 0.29) is 5.56 Å². The summed E-state index contributed by atoms with van der Waals surface area (Å²) in [6.07, 6.45) is 3.20. The van der Waals surface area contributed by atoms with Crippen LogP contribution < -0.4 is 5.56 Å².